The summed E-state index contributed by atoms with van der Waals surface area (Å²) in [5, 5.41) is 0. The van der Waals surface area contributed by atoms with Crippen LogP contribution < -0.4 is 5.56 Å². The fourth-order valence-electron chi connectivity index (χ4n) is 1.36. The van der Waals surface area contributed by atoms with Crippen LogP contribution in [-0.4, -0.2) is 4.57 Å². The van der Waals surface area contributed by atoms with Gasteiger partial charge in [-0.3, -0.25) is 9.36 Å². The van der Waals surface area contributed by atoms with Crippen molar-refractivity contribution in [2.75, 3.05) is 0 Å². The van der Waals surface area contributed by atoms with E-state index < -0.39 is 0 Å². The normalized spacial score (nSPS) is 9.53. The van der Waals surface area contributed by atoms with Crippen LogP contribution in [0.15, 0.2) is 53.5 Å². The topological polar surface area (TPSA) is 22.0 Å². The van der Waals surface area contributed by atoms with E-state index in [1.165, 1.54) is 10.6 Å². The maximum Gasteiger partial charge on any atom is 0.255 e. The van der Waals surface area contributed by atoms with E-state index in [2.05, 4.69) is 5.92 Å². The zero-order valence-electron chi connectivity index (χ0n) is 8.05. The van der Waals surface area contributed by atoms with Gasteiger partial charge in [0.15, 0.2) is 0 Å². The largest absolute Gasteiger partial charge is 0.283 e. The Kier molecular flexibility index (Phi) is 2.38. The van der Waals surface area contributed by atoms with E-state index in [1.807, 2.05) is 30.3 Å². The summed E-state index contributed by atoms with van der Waals surface area (Å²) in [6.45, 7) is 0. The van der Waals surface area contributed by atoms with Gasteiger partial charge in [0.1, 0.15) is 0 Å². The molecule has 2 aromatic rings. The molecular formula is C13H9NO. The molecule has 0 fully saturated rings. The van der Waals surface area contributed by atoms with Crippen molar-refractivity contribution in [1.29, 1.82) is 0 Å². The van der Waals surface area contributed by atoms with Crippen LogP contribution in [-0.2, 0) is 0 Å². The van der Waals surface area contributed by atoms with Gasteiger partial charge in [-0.2, -0.15) is 0 Å². The van der Waals surface area contributed by atoms with Gasteiger partial charge in [-0.15, -0.1) is 6.42 Å². The summed E-state index contributed by atoms with van der Waals surface area (Å²) >= 11 is 0. The Morgan fingerprint density at radius 1 is 1.07 bits per heavy atom. The molecule has 0 amide bonds. The average molecular weight is 195 g/mol. The van der Waals surface area contributed by atoms with Gasteiger partial charge in [0.05, 0.1) is 0 Å². The molecule has 72 valence electrons. The van der Waals surface area contributed by atoms with E-state index in [1.54, 1.807) is 12.3 Å². The zero-order chi connectivity index (χ0) is 10.7. The van der Waals surface area contributed by atoms with Crippen molar-refractivity contribution in [2.45, 2.75) is 0 Å². The van der Waals surface area contributed by atoms with E-state index in [0.717, 1.165) is 5.69 Å². The van der Waals surface area contributed by atoms with Gasteiger partial charge in [-0.05, 0) is 18.2 Å². The summed E-state index contributed by atoms with van der Waals surface area (Å²) in [5.74, 6) is 2.50. The third-order valence-corrected chi connectivity index (χ3v) is 2.11. The van der Waals surface area contributed by atoms with Crippen molar-refractivity contribution in [1.82, 2.24) is 4.57 Å². The first-order valence-electron chi connectivity index (χ1n) is 4.56. The van der Waals surface area contributed by atoms with Gasteiger partial charge in [0.2, 0.25) is 0 Å². The lowest BCUT2D eigenvalue weighted by atomic mass is 10.2. The van der Waals surface area contributed by atoms with E-state index in [-0.39, 0.29) is 5.56 Å². The third-order valence-electron chi connectivity index (χ3n) is 2.11. The number of para-hydroxylation sites is 1. The molecule has 0 aliphatic heterocycles. The smallest absolute Gasteiger partial charge is 0.255 e. The molecule has 0 unspecified atom stereocenters. The predicted molar refractivity (Wildman–Crippen MR) is 60.0 cm³/mol. The second-order valence-corrected chi connectivity index (χ2v) is 3.11. The number of nitrogens with zero attached hydrogens (tertiary/aromatic N) is 1. The monoisotopic (exact) mass is 195 g/mol. The minimum absolute atomic E-state index is 0.0831. The summed E-state index contributed by atoms with van der Waals surface area (Å²) in [4.78, 5) is 11.6. The zero-order valence-corrected chi connectivity index (χ0v) is 8.05. The highest BCUT2D eigenvalue weighted by Crippen LogP contribution is 2.04. The summed E-state index contributed by atoms with van der Waals surface area (Å²) in [6.07, 6.45) is 6.95. The Bertz CT molecular complexity index is 561. The van der Waals surface area contributed by atoms with Gasteiger partial charge < -0.3 is 0 Å². The highest BCUT2D eigenvalue weighted by atomic mass is 16.1. The third kappa shape index (κ3) is 1.82. The van der Waals surface area contributed by atoms with E-state index in [4.69, 9.17) is 6.42 Å². The SMILES string of the molecule is C#Cc1ccc(=O)n(-c2ccccc2)c1. The lowest BCUT2D eigenvalue weighted by Gasteiger charge is -2.04. The summed E-state index contributed by atoms with van der Waals surface area (Å²) in [7, 11) is 0. The van der Waals surface area contributed by atoms with Crippen LogP contribution in [0.5, 0.6) is 0 Å². The number of hydrogen-bond donors (Lipinski definition) is 0. The molecule has 0 N–H and O–H groups in total. The number of hydrogen-bond acceptors (Lipinski definition) is 1. The molecule has 1 aromatic heterocycles. The highest BCUT2D eigenvalue weighted by molar-refractivity contribution is 5.36. The van der Waals surface area contributed by atoms with Crippen LogP contribution in [0, 0.1) is 12.3 Å². The Morgan fingerprint density at radius 2 is 1.80 bits per heavy atom. The molecule has 2 rings (SSSR count). The number of benzene rings is 1. The molecule has 0 aliphatic carbocycles. The summed E-state index contributed by atoms with van der Waals surface area (Å²) in [6, 6.07) is 12.5. The number of terminal acetylenes is 1. The number of rotatable bonds is 1. The molecule has 0 saturated heterocycles. The predicted octanol–water partition coefficient (Wildman–Crippen LogP) is 1.82. The Hall–Kier alpha value is -2.27. The van der Waals surface area contributed by atoms with Gasteiger partial charge in [-0.1, -0.05) is 24.1 Å². The van der Waals surface area contributed by atoms with Crippen molar-refractivity contribution in [3.63, 3.8) is 0 Å². The maximum atomic E-state index is 11.6. The van der Waals surface area contributed by atoms with Crippen molar-refractivity contribution >= 4 is 0 Å². The first-order chi connectivity index (χ1) is 7.31. The lowest BCUT2D eigenvalue weighted by Crippen LogP contribution is -2.16. The maximum absolute atomic E-state index is 11.6. The minimum Gasteiger partial charge on any atom is -0.283 e. The molecule has 0 saturated carbocycles. The average Bonchev–Trinajstić information content (AvgIpc) is 2.31. The number of aromatic nitrogens is 1. The second-order valence-electron chi connectivity index (χ2n) is 3.11. The van der Waals surface area contributed by atoms with Crippen LogP contribution in [0.2, 0.25) is 0 Å². The Balaban J connectivity index is 2.64. The van der Waals surface area contributed by atoms with E-state index >= 15 is 0 Å². The van der Waals surface area contributed by atoms with Crippen molar-refractivity contribution in [2.24, 2.45) is 0 Å². The fourth-order valence-corrected chi connectivity index (χ4v) is 1.36. The van der Waals surface area contributed by atoms with E-state index in [9.17, 15) is 4.79 Å². The van der Waals surface area contributed by atoms with Gasteiger partial charge in [-0.25, -0.2) is 0 Å². The molecule has 0 radical (unpaired) electrons. The van der Waals surface area contributed by atoms with Crippen LogP contribution in [0.1, 0.15) is 5.56 Å². The molecule has 0 aliphatic rings. The molecule has 1 aromatic carbocycles. The van der Waals surface area contributed by atoms with Crippen molar-refractivity contribution < 1.29 is 0 Å². The molecule has 1 heterocycles. The van der Waals surface area contributed by atoms with Gasteiger partial charge in [0.25, 0.3) is 5.56 Å². The summed E-state index contributed by atoms with van der Waals surface area (Å²) in [5.41, 5.74) is 1.43. The summed E-state index contributed by atoms with van der Waals surface area (Å²) < 4.78 is 1.54. The minimum atomic E-state index is -0.0831. The molecule has 15 heavy (non-hydrogen) atoms. The molecule has 0 spiro atoms. The Labute approximate surface area is 87.8 Å². The lowest BCUT2D eigenvalue weighted by molar-refractivity contribution is 0.986. The van der Waals surface area contributed by atoms with Crippen LogP contribution in [0.25, 0.3) is 5.69 Å². The van der Waals surface area contributed by atoms with Crippen LogP contribution in [0.4, 0.5) is 0 Å². The van der Waals surface area contributed by atoms with Gasteiger partial charge >= 0.3 is 0 Å². The molecule has 2 heteroatoms. The Morgan fingerprint density at radius 3 is 2.47 bits per heavy atom. The quantitative estimate of drug-likeness (QED) is 0.636. The first-order valence-corrected chi connectivity index (χ1v) is 4.56. The van der Waals surface area contributed by atoms with Crippen LogP contribution >= 0.6 is 0 Å². The van der Waals surface area contributed by atoms with Gasteiger partial charge in [0, 0.05) is 23.5 Å². The van der Waals surface area contributed by atoms with Crippen molar-refractivity contribution in [3.05, 3.63) is 64.6 Å². The fraction of sp³-hybridized carbons (Fsp3) is 0. The molecule has 0 bridgehead atoms. The number of pyridine rings is 1. The highest BCUT2D eigenvalue weighted by Gasteiger charge is 1.98. The van der Waals surface area contributed by atoms with Crippen LogP contribution in [0.3, 0.4) is 0 Å². The molecule has 2 nitrogen and oxygen atoms in total. The molecular weight excluding hydrogens is 186 g/mol. The first kappa shape index (κ1) is 9.29. The standard InChI is InChI=1S/C13H9NO/c1-2-11-8-9-13(15)14(10-11)12-6-4-3-5-7-12/h1,3-10H. The van der Waals surface area contributed by atoms with Crippen molar-refractivity contribution in [3.8, 4) is 18.0 Å². The molecule has 0 atom stereocenters. The van der Waals surface area contributed by atoms with E-state index in [0.29, 0.717) is 5.56 Å². The second kappa shape index (κ2) is 3.85.